The quantitative estimate of drug-likeness (QED) is 0.439. The summed E-state index contributed by atoms with van der Waals surface area (Å²) in [5.41, 5.74) is 5.30. The van der Waals surface area contributed by atoms with Crippen molar-refractivity contribution >= 4 is 5.84 Å². The Balaban J connectivity index is 2.71. The van der Waals surface area contributed by atoms with Crippen molar-refractivity contribution in [3.8, 4) is 5.75 Å². The molecule has 0 radical (unpaired) electrons. The van der Waals surface area contributed by atoms with Crippen LogP contribution in [0.4, 0.5) is 4.39 Å². The van der Waals surface area contributed by atoms with Crippen LogP contribution in [-0.4, -0.2) is 26.2 Å². The van der Waals surface area contributed by atoms with E-state index < -0.39 is 5.82 Å². The summed E-state index contributed by atoms with van der Waals surface area (Å²) in [5.74, 6) is -0.583. The molecule has 0 spiro atoms. The fourth-order valence-electron chi connectivity index (χ4n) is 1.27. The van der Waals surface area contributed by atoms with E-state index in [4.69, 9.17) is 20.6 Å². The summed E-state index contributed by atoms with van der Waals surface area (Å²) in [7, 11) is 1.60. The number of nitrogens with one attached hydrogen (secondary N) is 1. The lowest BCUT2D eigenvalue weighted by Gasteiger charge is -2.10. The van der Waals surface area contributed by atoms with Crippen molar-refractivity contribution in [2.45, 2.75) is 6.42 Å². The Kier molecular flexibility index (Phi) is 4.72. The second kappa shape index (κ2) is 6.07. The minimum absolute atomic E-state index is 0.0138. The van der Waals surface area contributed by atoms with E-state index in [2.05, 4.69) is 0 Å². The summed E-state index contributed by atoms with van der Waals surface area (Å²) in [5, 5.41) is 7.27. The van der Waals surface area contributed by atoms with Crippen LogP contribution in [-0.2, 0) is 4.74 Å². The third kappa shape index (κ3) is 3.20. The molecule has 0 aliphatic heterocycles. The second-order valence-electron chi connectivity index (χ2n) is 3.22. The van der Waals surface area contributed by atoms with Crippen LogP contribution in [0.2, 0.25) is 0 Å². The van der Waals surface area contributed by atoms with E-state index in [0.717, 1.165) is 0 Å². The van der Waals surface area contributed by atoms with E-state index in [9.17, 15) is 4.39 Å². The molecule has 0 aliphatic rings. The van der Waals surface area contributed by atoms with E-state index in [-0.39, 0.29) is 11.4 Å². The third-order valence-corrected chi connectivity index (χ3v) is 2.00. The highest BCUT2D eigenvalue weighted by Crippen LogP contribution is 2.20. The highest BCUT2D eigenvalue weighted by Gasteiger charge is 2.11. The molecule has 0 atom stereocenters. The van der Waals surface area contributed by atoms with Crippen LogP contribution in [0.25, 0.3) is 0 Å². The van der Waals surface area contributed by atoms with Gasteiger partial charge in [0.1, 0.15) is 17.4 Å². The van der Waals surface area contributed by atoms with Gasteiger partial charge in [-0.15, -0.1) is 0 Å². The normalized spacial score (nSPS) is 10.1. The first-order chi connectivity index (χ1) is 7.66. The van der Waals surface area contributed by atoms with E-state index in [1.807, 2.05) is 0 Å². The van der Waals surface area contributed by atoms with Crippen LogP contribution in [0.3, 0.4) is 0 Å². The number of hydrogen-bond acceptors (Lipinski definition) is 3. The molecule has 1 rings (SSSR count). The van der Waals surface area contributed by atoms with Crippen LogP contribution in [0.5, 0.6) is 5.75 Å². The summed E-state index contributed by atoms with van der Waals surface area (Å²) < 4.78 is 23.6. The zero-order valence-electron chi connectivity index (χ0n) is 9.13. The maximum Gasteiger partial charge on any atom is 0.137 e. The molecular formula is C11H15FN2O2. The number of rotatable bonds is 6. The molecule has 88 valence electrons. The van der Waals surface area contributed by atoms with Crippen molar-refractivity contribution in [3.63, 3.8) is 0 Å². The van der Waals surface area contributed by atoms with Gasteiger partial charge in [0.05, 0.1) is 12.2 Å². The molecule has 5 heteroatoms. The van der Waals surface area contributed by atoms with Crippen molar-refractivity contribution < 1.29 is 13.9 Å². The number of nitrogens with two attached hydrogens (primary N) is 1. The monoisotopic (exact) mass is 226 g/mol. The lowest BCUT2D eigenvalue weighted by molar-refractivity contribution is 0.172. The standard InChI is InChI=1S/C11H15FN2O2/c1-15-6-3-7-16-9-5-2-4-8(12)10(9)11(13)14/h2,4-5H,3,6-7H2,1H3,(H3,13,14). The summed E-state index contributed by atoms with van der Waals surface area (Å²) in [6, 6.07) is 4.36. The Morgan fingerprint density at radius 1 is 1.44 bits per heavy atom. The van der Waals surface area contributed by atoms with E-state index in [0.29, 0.717) is 25.4 Å². The van der Waals surface area contributed by atoms with Gasteiger partial charge in [0, 0.05) is 20.1 Å². The first kappa shape index (κ1) is 12.4. The molecule has 0 aliphatic carbocycles. The summed E-state index contributed by atoms with van der Waals surface area (Å²) in [6.45, 7) is 0.974. The van der Waals surface area contributed by atoms with Crippen LogP contribution in [0.15, 0.2) is 18.2 Å². The van der Waals surface area contributed by atoms with Gasteiger partial charge in [0.2, 0.25) is 0 Å². The fraction of sp³-hybridized carbons (Fsp3) is 0.364. The molecule has 0 amide bonds. The Labute approximate surface area is 93.7 Å². The Morgan fingerprint density at radius 2 is 2.19 bits per heavy atom. The number of nitrogen functional groups attached to an aromatic ring is 1. The molecule has 1 aromatic carbocycles. The van der Waals surface area contributed by atoms with Gasteiger partial charge in [-0.05, 0) is 12.1 Å². The summed E-state index contributed by atoms with van der Waals surface area (Å²) >= 11 is 0. The lowest BCUT2D eigenvalue weighted by atomic mass is 10.1. The van der Waals surface area contributed by atoms with Crippen molar-refractivity contribution in [1.82, 2.24) is 0 Å². The minimum atomic E-state index is -0.545. The second-order valence-corrected chi connectivity index (χ2v) is 3.22. The number of methoxy groups -OCH3 is 1. The topological polar surface area (TPSA) is 68.3 Å². The zero-order chi connectivity index (χ0) is 12.0. The van der Waals surface area contributed by atoms with Crippen LogP contribution in [0.1, 0.15) is 12.0 Å². The Bertz CT molecular complexity index is 369. The van der Waals surface area contributed by atoms with Crippen molar-refractivity contribution in [1.29, 1.82) is 5.41 Å². The highest BCUT2D eigenvalue weighted by atomic mass is 19.1. The predicted octanol–water partition coefficient (Wildman–Crippen LogP) is 1.53. The van der Waals surface area contributed by atoms with Gasteiger partial charge in [-0.25, -0.2) is 4.39 Å². The molecule has 0 aromatic heterocycles. The molecular weight excluding hydrogens is 211 g/mol. The lowest BCUT2D eigenvalue weighted by Crippen LogP contribution is -2.15. The summed E-state index contributed by atoms with van der Waals surface area (Å²) in [6.07, 6.45) is 0.699. The average Bonchev–Trinajstić information content (AvgIpc) is 2.24. The number of hydrogen-bond donors (Lipinski definition) is 2. The number of benzene rings is 1. The van der Waals surface area contributed by atoms with Crippen LogP contribution in [0, 0.1) is 11.2 Å². The van der Waals surface area contributed by atoms with E-state index in [1.54, 1.807) is 13.2 Å². The minimum Gasteiger partial charge on any atom is -0.493 e. The Hall–Kier alpha value is -1.62. The van der Waals surface area contributed by atoms with E-state index in [1.165, 1.54) is 12.1 Å². The van der Waals surface area contributed by atoms with Gasteiger partial charge in [0.15, 0.2) is 0 Å². The SMILES string of the molecule is COCCCOc1cccc(F)c1C(=N)N. The molecule has 0 bridgehead atoms. The first-order valence-electron chi connectivity index (χ1n) is 4.91. The zero-order valence-corrected chi connectivity index (χ0v) is 9.13. The number of ether oxygens (including phenoxy) is 2. The third-order valence-electron chi connectivity index (χ3n) is 2.00. The van der Waals surface area contributed by atoms with Gasteiger partial charge >= 0.3 is 0 Å². The van der Waals surface area contributed by atoms with Crippen LogP contribution < -0.4 is 10.5 Å². The van der Waals surface area contributed by atoms with Gasteiger partial charge in [-0.1, -0.05) is 6.07 Å². The molecule has 3 N–H and O–H groups in total. The van der Waals surface area contributed by atoms with Crippen molar-refractivity contribution in [2.75, 3.05) is 20.3 Å². The molecule has 1 aromatic rings. The summed E-state index contributed by atoms with van der Waals surface area (Å²) in [4.78, 5) is 0. The van der Waals surface area contributed by atoms with Crippen molar-refractivity contribution in [3.05, 3.63) is 29.6 Å². The molecule has 0 saturated heterocycles. The molecule has 0 unspecified atom stereocenters. The molecule has 0 fully saturated rings. The maximum absolute atomic E-state index is 13.4. The van der Waals surface area contributed by atoms with Crippen molar-refractivity contribution in [2.24, 2.45) is 5.73 Å². The molecule has 4 nitrogen and oxygen atoms in total. The van der Waals surface area contributed by atoms with Gasteiger partial charge in [0.25, 0.3) is 0 Å². The predicted molar refractivity (Wildman–Crippen MR) is 59.4 cm³/mol. The molecule has 0 saturated carbocycles. The molecule has 0 heterocycles. The van der Waals surface area contributed by atoms with Gasteiger partial charge in [-0.3, -0.25) is 5.41 Å². The first-order valence-corrected chi connectivity index (χ1v) is 4.91. The maximum atomic E-state index is 13.4. The molecule has 16 heavy (non-hydrogen) atoms. The van der Waals surface area contributed by atoms with Crippen LogP contribution >= 0.6 is 0 Å². The van der Waals surface area contributed by atoms with Gasteiger partial charge < -0.3 is 15.2 Å². The fourth-order valence-corrected chi connectivity index (χ4v) is 1.27. The van der Waals surface area contributed by atoms with Gasteiger partial charge in [-0.2, -0.15) is 0 Å². The van der Waals surface area contributed by atoms with E-state index >= 15 is 0 Å². The number of amidine groups is 1. The Morgan fingerprint density at radius 3 is 2.81 bits per heavy atom. The average molecular weight is 226 g/mol. The number of halogens is 1. The highest BCUT2D eigenvalue weighted by molar-refractivity contribution is 5.97. The smallest absolute Gasteiger partial charge is 0.137 e. The largest absolute Gasteiger partial charge is 0.493 e.